The number of amides is 1. The normalized spacial score (nSPS) is 10.5. The highest BCUT2D eigenvalue weighted by Crippen LogP contribution is 2.21. The van der Waals surface area contributed by atoms with Crippen molar-refractivity contribution in [1.29, 1.82) is 0 Å². The number of allylic oxidation sites excluding steroid dienone is 1. The van der Waals surface area contributed by atoms with Gasteiger partial charge in [-0.15, -0.1) is 16.8 Å². The monoisotopic (exact) mass is 438 g/mol. The second-order valence-electron chi connectivity index (χ2n) is 6.98. The number of benzene rings is 2. The second-order valence-corrected chi connectivity index (χ2v) is 7.92. The average molecular weight is 439 g/mol. The molecule has 3 aromatic rings. The summed E-state index contributed by atoms with van der Waals surface area (Å²) >= 11 is 1.32. The molecule has 0 aliphatic carbocycles. The number of anilines is 1. The van der Waals surface area contributed by atoms with E-state index in [-0.39, 0.29) is 18.3 Å². The predicted octanol–water partition coefficient (Wildman–Crippen LogP) is 4.40. The average Bonchev–Trinajstić information content (AvgIpc) is 3.12. The lowest BCUT2D eigenvalue weighted by Crippen LogP contribution is -2.15. The Labute approximate surface area is 186 Å². The largest absolute Gasteiger partial charge is 0.497 e. The highest BCUT2D eigenvalue weighted by molar-refractivity contribution is 7.99. The van der Waals surface area contributed by atoms with E-state index < -0.39 is 0 Å². The second kappa shape index (κ2) is 10.7. The van der Waals surface area contributed by atoms with Gasteiger partial charge >= 0.3 is 0 Å². The van der Waals surface area contributed by atoms with Crippen molar-refractivity contribution in [3.8, 4) is 11.5 Å². The Morgan fingerprint density at radius 2 is 1.84 bits per heavy atom. The number of aryl methyl sites for hydroxylation is 2. The summed E-state index contributed by atoms with van der Waals surface area (Å²) in [5.74, 6) is 2.28. The number of aromatic nitrogens is 3. The number of rotatable bonds is 10. The van der Waals surface area contributed by atoms with Crippen LogP contribution < -0.4 is 14.8 Å². The first-order valence-corrected chi connectivity index (χ1v) is 10.8. The third-order valence-corrected chi connectivity index (χ3v) is 5.34. The Morgan fingerprint density at radius 3 is 2.48 bits per heavy atom. The molecule has 1 heterocycles. The van der Waals surface area contributed by atoms with E-state index in [1.807, 2.05) is 30.5 Å². The minimum absolute atomic E-state index is 0.128. The molecule has 0 saturated carbocycles. The zero-order valence-corrected chi connectivity index (χ0v) is 18.7. The Kier molecular flexibility index (Phi) is 7.72. The molecular weight excluding hydrogens is 412 g/mol. The summed E-state index contributed by atoms with van der Waals surface area (Å²) in [6, 6.07) is 13.3. The lowest BCUT2D eigenvalue weighted by atomic mass is 10.1. The molecule has 0 aliphatic heterocycles. The Morgan fingerprint density at radius 1 is 1.13 bits per heavy atom. The Balaban J connectivity index is 1.61. The number of hydrogen-bond acceptors (Lipinski definition) is 6. The number of carbonyl (C=O) groups is 1. The minimum atomic E-state index is -0.128. The summed E-state index contributed by atoms with van der Waals surface area (Å²) in [7, 11) is 1.60. The summed E-state index contributed by atoms with van der Waals surface area (Å²) in [6.45, 7) is 8.68. The van der Waals surface area contributed by atoms with Crippen molar-refractivity contribution < 1.29 is 14.3 Å². The van der Waals surface area contributed by atoms with Gasteiger partial charge in [0.05, 0.1) is 12.9 Å². The van der Waals surface area contributed by atoms with Crippen molar-refractivity contribution in [1.82, 2.24) is 14.8 Å². The maximum Gasteiger partial charge on any atom is 0.234 e. The topological polar surface area (TPSA) is 78.3 Å². The van der Waals surface area contributed by atoms with Crippen LogP contribution in [0.25, 0.3) is 0 Å². The molecule has 0 unspecified atom stereocenters. The molecule has 1 amide bonds. The van der Waals surface area contributed by atoms with Gasteiger partial charge in [0.2, 0.25) is 5.91 Å². The molecule has 162 valence electrons. The van der Waals surface area contributed by atoms with Gasteiger partial charge in [-0.1, -0.05) is 23.9 Å². The molecule has 1 aromatic heterocycles. The van der Waals surface area contributed by atoms with Crippen molar-refractivity contribution in [3.63, 3.8) is 0 Å². The highest BCUT2D eigenvalue weighted by Gasteiger charge is 2.14. The van der Waals surface area contributed by atoms with Gasteiger partial charge in [0.15, 0.2) is 11.0 Å². The van der Waals surface area contributed by atoms with E-state index in [1.54, 1.807) is 37.5 Å². The molecule has 0 bridgehead atoms. The van der Waals surface area contributed by atoms with Gasteiger partial charge in [-0.05, 0) is 61.4 Å². The fourth-order valence-corrected chi connectivity index (χ4v) is 3.78. The van der Waals surface area contributed by atoms with Gasteiger partial charge in [0, 0.05) is 12.2 Å². The summed E-state index contributed by atoms with van der Waals surface area (Å²) < 4.78 is 12.9. The Hall–Kier alpha value is -3.26. The van der Waals surface area contributed by atoms with Crippen LogP contribution in [0.4, 0.5) is 5.69 Å². The van der Waals surface area contributed by atoms with E-state index in [1.165, 1.54) is 11.8 Å². The molecule has 3 rings (SSSR count). The summed E-state index contributed by atoms with van der Waals surface area (Å²) in [4.78, 5) is 12.3. The number of ether oxygens (including phenoxy) is 2. The molecule has 0 fully saturated rings. The van der Waals surface area contributed by atoms with Crippen LogP contribution in [0.5, 0.6) is 11.5 Å². The van der Waals surface area contributed by atoms with Crippen LogP contribution in [0.3, 0.4) is 0 Å². The van der Waals surface area contributed by atoms with E-state index in [4.69, 9.17) is 9.47 Å². The van der Waals surface area contributed by atoms with Gasteiger partial charge < -0.3 is 14.8 Å². The van der Waals surface area contributed by atoms with Crippen LogP contribution in [0.15, 0.2) is 60.3 Å². The van der Waals surface area contributed by atoms with E-state index in [0.29, 0.717) is 23.2 Å². The number of hydrogen-bond donors (Lipinski definition) is 1. The third kappa shape index (κ3) is 6.36. The van der Waals surface area contributed by atoms with E-state index in [0.717, 1.165) is 22.6 Å². The van der Waals surface area contributed by atoms with Crippen molar-refractivity contribution in [2.24, 2.45) is 0 Å². The summed E-state index contributed by atoms with van der Waals surface area (Å²) in [5, 5.41) is 12.0. The third-order valence-electron chi connectivity index (χ3n) is 4.37. The van der Waals surface area contributed by atoms with Gasteiger partial charge in [0.25, 0.3) is 0 Å². The number of methoxy groups -OCH3 is 1. The highest BCUT2D eigenvalue weighted by atomic mass is 32.2. The first-order valence-electron chi connectivity index (χ1n) is 9.79. The first-order chi connectivity index (χ1) is 15.0. The van der Waals surface area contributed by atoms with Crippen molar-refractivity contribution in [2.75, 3.05) is 18.2 Å². The molecule has 0 atom stereocenters. The standard InChI is InChI=1S/C23H26N4O3S/c1-5-10-27-21(14-30-20-12-16(2)11-17(3)13-20)25-26-23(27)31-15-22(28)24-18-6-8-19(29-4)9-7-18/h5-9,11-13H,1,10,14-15H2,2-4H3,(H,24,28). The molecule has 7 nitrogen and oxygen atoms in total. The number of thioether (sulfide) groups is 1. The molecule has 0 spiro atoms. The van der Waals surface area contributed by atoms with Gasteiger partial charge in [0.1, 0.15) is 18.1 Å². The van der Waals surface area contributed by atoms with E-state index >= 15 is 0 Å². The fraction of sp³-hybridized carbons (Fsp3) is 0.261. The molecular formula is C23H26N4O3S. The maximum atomic E-state index is 12.3. The van der Waals surface area contributed by atoms with Crippen LogP contribution >= 0.6 is 11.8 Å². The quantitative estimate of drug-likeness (QED) is 0.373. The van der Waals surface area contributed by atoms with Crippen molar-refractivity contribution in [3.05, 3.63) is 72.1 Å². The van der Waals surface area contributed by atoms with Crippen LogP contribution in [0.2, 0.25) is 0 Å². The van der Waals surface area contributed by atoms with Crippen LogP contribution in [0.1, 0.15) is 17.0 Å². The molecule has 0 aliphatic rings. The van der Waals surface area contributed by atoms with Crippen LogP contribution in [0, 0.1) is 13.8 Å². The zero-order valence-electron chi connectivity index (χ0n) is 17.9. The fourth-order valence-electron chi connectivity index (χ4n) is 3.01. The number of nitrogens with one attached hydrogen (secondary N) is 1. The minimum Gasteiger partial charge on any atom is -0.497 e. The molecule has 0 radical (unpaired) electrons. The van der Waals surface area contributed by atoms with E-state index in [9.17, 15) is 4.79 Å². The molecule has 1 N–H and O–H groups in total. The van der Waals surface area contributed by atoms with Gasteiger partial charge in [-0.25, -0.2) is 0 Å². The first kappa shape index (κ1) is 22.4. The van der Waals surface area contributed by atoms with E-state index in [2.05, 4.69) is 28.2 Å². The van der Waals surface area contributed by atoms with Gasteiger partial charge in [-0.3, -0.25) is 9.36 Å². The number of nitrogens with zero attached hydrogens (tertiary/aromatic N) is 3. The Bertz CT molecular complexity index is 1030. The predicted molar refractivity (Wildman–Crippen MR) is 123 cm³/mol. The number of carbonyl (C=O) groups excluding carboxylic acids is 1. The lowest BCUT2D eigenvalue weighted by Gasteiger charge is -2.10. The smallest absolute Gasteiger partial charge is 0.234 e. The van der Waals surface area contributed by atoms with Gasteiger partial charge in [-0.2, -0.15) is 0 Å². The van der Waals surface area contributed by atoms with Crippen LogP contribution in [-0.4, -0.2) is 33.5 Å². The van der Waals surface area contributed by atoms with Crippen LogP contribution in [-0.2, 0) is 17.9 Å². The molecule has 0 saturated heterocycles. The SMILES string of the molecule is C=CCn1c(COc2cc(C)cc(C)c2)nnc1SCC(=O)Nc1ccc(OC)cc1. The lowest BCUT2D eigenvalue weighted by molar-refractivity contribution is -0.113. The molecule has 31 heavy (non-hydrogen) atoms. The molecule has 8 heteroatoms. The molecule has 2 aromatic carbocycles. The summed E-state index contributed by atoms with van der Waals surface area (Å²) in [5.41, 5.74) is 2.99. The zero-order chi connectivity index (χ0) is 22.2. The van der Waals surface area contributed by atoms with Crippen molar-refractivity contribution in [2.45, 2.75) is 32.2 Å². The maximum absolute atomic E-state index is 12.3. The van der Waals surface area contributed by atoms with Crippen molar-refractivity contribution >= 4 is 23.4 Å². The summed E-state index contributed by atoms with van der Waals surface area (Å²) in [6.07, 6.45) is 1.77.